The lowest BCUT2D eigenvalue weighted by Gasteiger charge is -2.21. The second-order valence-corrected chi connectivity index (χ2v) is 5.39. The lowest BCUT2D eigenvalue weighted by Crippen LogP contribution is -2.41. The molecule has 0 spiro atoms. The number of carbonyl (C=O) groups is 1. The molecule has 0 radical (unpaired) electrons. The van der Waals surface area contributed by atoms with E-state index < -0.39 is 11.5 Å². The summed E-state index contributed by atoms with van der Waals surface area (Å²) in [7, 11) is 0. The third-order valence-corrected chi connectivity index (χ3v) is 3.42. The molecule has 5 heteroatoms. The highest BCUT2D eigenvalue weighted by Gasteiger charge is 2.24. The Morgan fingerprint density at radius 1 is 1.69 bits per heavy atom. The SMILES string of the molecule is CC(C)(CNCC(O)c1cccs1)C(N)=O. The van der Waals surface area contributed by atoms with E-state index in [1.165, 1.54) is 11.3 Å². The number of hydrogen-bond acceptors (Lipinski definition) is 4. The average Bonchev–Trinajstić information content (AvgIpc) is 2.69. The number of aliphatic hydroxyl groups is 1. The Balaban J connectivity index is 2.34. The van der Waals surface area contributed by atoms with Crippen LogP contribution in [-0.2, 0) is 4.79 Å². The van der Waals surface area contributed by atoms with E-state index >= 15 is 0 Å². The fourth-order valence-electron chi connectivity index (χ4n) is 1.19. The molecule has 0 aromatic carbocycles. The molecular weight excluding hydrogens is 224 g/mol. The standard InChI is InChI=1S/C11H18N2O2S/c1-11(2,10(12)15)7-13-6-8(14)9-4-3-5-16-9/h3-5,8,13-14H,6-7H2,1-2H3,(H2,12,15). The van der Waals surface area contributed by atoms with Crippen molar-refractivity contribution in [2.75, 3.05) is 13.1 Å². The molecule has 0 fully saturated rings. The van der Waals surface area contributed by atoms with Crippen LogP contribution in [0.5, 0.6) is 0 Å². The molecule has 90 valence electrons. The van der Waals surface area contributed by atoms with Gasteiger partial charge in [0.1, 0.15) is 6.10 Å². The van der Waals surface area contributed by atoms with Gasteiger partial charge in [-0.15, -0.1) is 11.3 Å². The molecular formula is C11H18N2O2S. The van der Waals surface area contributed by atoms with Gasteiger partial charge in [0.15, 0.2) is 0 Å². The van der Waals surface area contributed by atoms with Gasteiger partial charge >= 0.3 is 0 Å². The highest BCUT2D eigenvalue weighted by atomic mass is 32.1. The maximum Gasteiger partial charge on any atom is 0.224 e. The van der Waals surface area contributed by atoms with E-state index in [0.29, 0.717) is 13.1 Å². The molecule has 1 unspecified atom stereocenters. The Labute approximate surface area is 99.5 Å². The number of primary amides is 1. The highest BCUT2D eigenvalue weighted by molar-refractivity contribution is 7.10. The molecule has 4 N–H and O–H groups in total. The zero-order chi connectivity index (χ0) is 12.2. The third-order valence-electron chi connectivity index (χ3n) is 2.44. The van der Waals surface area contributed by atoms with Crippen molar-refractivity contribution in [2.24, 2.45) is 11.1 Å². The molecule has 1 rings (SSSR count). The maximum absolute atomic E-state index is 11.0. The van der Waals surface area contributed by atoms with Crippen molar-refractivity contribution in [3.8, 4) is 0 Å². The predicted octanol–water partition coefficient (Wildman–Crippen LogP) is 0.883. The van der Waals surface area contributed by atoms with E-state index in [9.17, 15) is 9.90 Å². The molecule has 0 saturated carbocycles. The van der Waals surface area contributed by atoms with Crippen molar-refractivity contribution in [2.45, 2.75) is 20.0 Å². The number of rotatable bonds is 6. The van der Waals surface area contributed by atoms with Crippen LogP contribution >= 0.6 is 11.3 Å². The van der Waals surface area contributed by atoms with Gasteiger partial charge in [0.05, 0.1) is 5.41 Å². The molecule has 0 aliphatic rings. The van der Waals surface area contributed by atoms with Gasteiger partial charge in [-0.3, -0.25) is 4.79 Å². The van der Waals surface area contributed by atoms with Crippen LogP contribution in [0.25, 0.3) is 0 Å². The monoisotopic (exact) mass is 242 g/mol. The Kier molecular flexibility index (Phi) is 4.46. The summed E-state index contributed by atoms with van der Waals surface area (Å²) < 4.78 is 0. The van der Waals surface area contributed by atoms with Crippen LogP contribution in [0.1, 0.15) is 24.8 Å². The summed E-state index contributed by atoms with van der Waals surface area (Å²) in [5.74, 6) is -0.342. The Morgan fingerprint density at radius 3 is 2.88 bits per heavy atom. The van der Waals surface area contributed by atoms with Gasteiger partial charge in [-0.1, -0.05) is 6.07 Å². The fourth-order valence-corrected chi connectivity index (χ4v) is 1.90. The smallest absolute Gasteiger partial charge is 0.224 e. The molecule has 0 bridgehead atoms. The second-order valence-electron chi connectivity index (χ2n) is 4.41. The summed E-state index contributed by atoms with van der Waals surface area (Å²) in [6.45, 7) is 4.45. The lowest BCUT2D eigenvalue weighted by molar-refractivity contribution is -0.125. The molecule has 16 heavy (non-hydrogen) atoms. The second kappa shape index (κ2) is 5.43. The molecule has 1 atom stereocenters. The Hall–Kier alpha value is -0.910. The number of nitrogens with one attached hydrogen (secondary N) is 1. The topological polar surface area (TPSA) is 75.3 Å². The first-order valence-corrected chi connectivity index (χ1v) is 6.03. The van der Waals surface area contributed by atoms with E-state index in [0.717, 1.165) is 4.88 Å². The summed E-state index contributed by atoms with van der Waals surface area (Å²) in [6, 6.07) is 3.78. The van der Waals surface area contributed by atoms with Crippen LogP contribution in [0.15, 0.2) is 17.5 Å². The first-order chi connectivity index (χ1) is 7.43. The van der Waals surface area contributed by atoms with Crippen molar-refractivity contribution >= 4 is 17.2 Å². The normalized spacial score (nSPS) is 13.7. The first kappa shape index (κ1) is 13.2. The lowest BCUT2D eigenvalue weighted by atomic mass is 9.93. The summed E-state index contributed by atoms with van der Waals surface area (Å²) >= 11 is 1.51. The van der Waals surface area contributed by atoms with Crippen molar-refractivity contribution in [3.05, 3.63) is 22.4 Å². The number of thiophene rings is 1. The minimum absolute atomic E-state index is 0.342. The number of aliphatic hydroxyl groups excluding tert-OH is 1. The van der Waals surface area contributed by atoms with Crippen molar-refractivity contribution < 1.29 is 9.90 Å². The van der Waals surface area contributed by atoms with Crippen LogP contribution in [0, 0.1) is 5.41 Å². The van der Waals surface area contributed by atoms with Gasteiger partial charge in [-0.25, -0.2) is 0 Å². The van der Waals surface area contributed by atoms with Gasteiger partial charge in [0.2, 0.25) is 5.91 Å². The number of hydrogen-bond donors (Lipinski definition) is 3. The third kappa shape index (κ3) is 3.59. The molecule has 0 saturated heterocycles. The molecule has 1 aromatic heterocycles. The molecule has 1 aromatic rings. The number of carbonyl (C=O) groups excluding carboxylic acids is 1. The summed E-state index contributed by atoms with van der Waals surface area (Å²) in [4.78, 5) is 12.0. The van der Waals surface area contributed by atoms with Gasteiger partial charge in [0.25, 0.3) is 0 Å². The number of amides is 1. The van der Waals surface area contributed by atoms with Crippen LogP contribution in [0.2, 0.25) is 0 Å². The molecule has 4 nitrogen and oxygen atoms in total. The largest absolute Gasteiger partial charge is 0.386 e. The van der Waals surface area contributed by atoms with Gasteiger partial charge < -0.3 is 16.2 Å². The Bertz CT molecular complexity index is 336. The first-order valence-electron chi connectivity index (χ1n) is 5.15. The van der Waals surface area contributed by atoms with E-state index in [2.05, 4.69) is 5.32 Å². The van der Waals surface area contributed by atoms with Gasteiger partial charge in [-0.05, 0) is 25.3 Å². The predicted molar refractivity (Wildman–Crippen MR) is 65.1 cm³/mol. The summed E-state index contributed by atoms with van der Waals surface area (Å²) in [5.41, 5.74) is 4.65. The van der Waals surface area contributed by atoms with E-state index in [-0.39, 0.29) is 5.91 Å². The van der Waals surface area contributed by atoms with Crippen LogP contribution in [-0.4, -0.2) is 24.1 Å². The van der Waals surface area contributed by atoms with Gasteiger partial charge in [0, 0.05) is 18.0 Å². The minimum atomic E-state index is -0.588. The number of nitrogens with two attached hydrogens (primary N) is 1. The minimum Gasteiger partial charge on any atom is -0.386 e. The van der Waals surface area contributed by atoms with E-state index in [4.69, 9.17) is 5.73 Å². The van der Waals surface area contributed by atoms with Crippen molar-refractivity contribution in [1.29, 1.82) is 0 Å². The van der Waals surface area contributed by atoms with Crippen LogP contribution in [0.4, 0.5) is 0 Å². The zero-order valence-corrected chi connectivity index (χ0v) is 10.4. The van der Waals surface area contributed by atoms with Crippen molar-refractivity contribution in [1.82, 2.24) is 5.32 Å². The summed E-state index contributed by atoms with van der Waals surface area (Å²) in [6.07, 6.45) is -0.524. The van der Waals surface area contributed by atoms with E-state index in [1.807, 2.05) is 17.5 Å². The fraction of sp³-hybridized carbons (Fsp3) is 0.545. The van der Waals surface area contributed by atoms with Crippen LogP contribution in [0.3, 0.4) is 0 Å². The average molecular weight is 242 g/mol. The van der Waals surface area contributed by atoms with Crippen LogP contribution < -0.4 is 11.1 Å². The Morgan fingerprint density at radius 2 is 2.38 bits per heavy atom. The summed E-state index contributed by atoms with van der Waals surface area (Å²) in [5, 5.41) is 14.7. The zero-order valence-electron chi connectivity index (χ0n) is 9.56. The van der Waals surface area contributed by atoms with Crippen molar-refractivity contribution in [3.63, 3.8) is 0 Å². The molecule has 1 heterocycles. The highest BCUT2D eigenvalue weighted by Crippen LogP contribution is 2.18. The molecule has 1 amide bonds. The maximum atomic E-state index is 11.0. The molecule has 0 aliphatic heterocycles. The van der Waals surface area contributed by atoms with E-state index in [1.54, 1.807) is 13.8 Å². The quantitative estimate of drug-likeness (QED) is 0.693. The molecule has 0 aliphatic carbocycles. The van der Waals surface area contributed by atoms with Gasteiger partial charge in [-0.2, -0.15) is 0 Å².